The zero-order valence-electron chi connectivity index (χ0n) is 14.8. The minimum Gasteiger partial charge on any atom is -0.359 e. The highest BCUT2D eigenvalue weighted by Crippen LogP contribution is 2.29. The Kier molecular flexibility index (Phi) is 5.11. The van der Waals surface area contributed by atoms with Crippen molar-refractivity contribution in [2.45, 2.75) is 25.4 Å². The Hall–Kier alpha value is -2.77. The first-order valence-corrected chi connectivity index (χ1v) is 9.65. The zero-order valence-corrected chi connectivity index (χ0v) is 16.4. The summed E-state index contributed by atoms with van der Waals surface area (Å²) in [6, 6.07) is 14.3. The molecular formula is C20H17ClN4O2S. The molecule has 1 amide bonds. The minimum atomic E-state index is -0.504. The first-order valence-electron chi connectivity index (χ1n) is 8.86. The highest BCUT2D eigenvalue weighted by Gasteiger charge is 2.31. The number of carbonyl (C=O) groups is 2. The van der Waals surface area contributed by atoms with Crippen molar-refractivity contribution < 1.29 is 9.59 Å². The Morgan fingerprint density at radius 3 is 2.75 bits per heavy atom. The molecule has 3 aromatic rings. The van der Waals surface area contributed by atoms with Crippen LogP contribution in [-0.4, -0.2) is 27.4 Å². The number of rotatable bonds is 5. The van der Waals surface area contributed by atoms with Gasteiger partial charge in [0.15, 0.2) is 0 Å². The molecule has 6 nitrogen and oxygen atoms in total. The molecule has 0 spiro atoms. The maximum absolute atomic E-state index is 12.7. The number of carbonyl (C=O) groups excluding carboxylic acids is 2. The number of aromatic nitrogens is 2. The van der Waals surface area contributed by atoms with Gasteiger partial charge < -0.3 is 10.6 Å². The van der Waals surface area contributed by atoms with E-state index in [9.17, 15) is 9.59 Å². The van der Waals surface area contributed by atoms with E-state index < -0.39 is 6.04 Å². The molecule has 4 rings (SSSR count). The van der Waals surface area contributed by atoms with Gasteiger partial charge in [0.1, 0.15) is 11.9 Å². The van der Waals surface area contributed by atoms with E-state index in [-0.39, 0.29) is 23.0 Å². The van der Waals surface area contributed by atoms with E-state index in [1.54, 1.807) is 12.1 Å². The van der Waals surface area contributed by atoms with Crippen LogP contribution in [-0.2, 0) is 11.3 Å². The van der Waals surface area contributed by atoms with Gasteiger partial charge in [-0.3, -0.25) is 9.59 Å². The van der Waals surface area contributed by atoms with Gasteiger partial charge in [-0.05, 0) is 48.5 Å². The molecule has 0 bridgehead atoms. The molecule has 1 aliphatic rings. The van der Waals surface area contributed by atoms with E-state index in [0.717, 1.165) is 16.5 Å². The molecular weight excluding hydrogens is 396 g/mol. The second kappa shape index (κ2) is 7.69. The lowest BCUT2D eigenvalue weighted by molar-refractivity contribution is -0.121. The van der Waals surface area contributed by atoms with Crippen LogP contribution in [0.1, 0.15) is 23.2 Å². The molecule has 0 fully saturated rings. The van der Waals surface area contributed by atoms with Gasteiger partial charge in [-0.1, -0.05) is 35.9 Å². The summed E-state index contributed by atoms with van der Waals surface area (Å²) < 4.78 is 1.65. The third kappa shape index (κ3) is 3.63. The Morgan fingerprint density at radius 2 is 1.96 bits per heavy atom. The first kappa shape index (κ1) is 18.6. The molecule has 0 saturated heterocycles. The molecule has 8 heteroatoms. The van der Waals surface area contributed by atoms with E-state index in [2.05, 4.69) is 15.6 Å². The molecule has 1 atom stereocenters. The molecule has 1 unspecified atom stereocenters. The van der Waals surface area contributed by atoms with Gasteiger partial charge in [-0.15, -0.1) is 0 Å². The summed E-state index contributed by atoms with van der Waals surface area (Å²) in [6.45, 7) is 0.419. The monoisotopic (exact) mass is 412 g/mol. The predicted molar refractivity (Wildman–Crippen MR) is 111 cm³/mol. The van der Waals surface area contributed by atoms with Gasteiger partial charge in [0.05, 0.1) is 5.52 Å². The van der Waals surface area contributed by atoms with Gasteiger partial charge in [-0.2, -0.15) is 0 Å². The van der Waals surface area contributed by atoms with Gasteiger partial charge >= 0.3 is 0 Å². The fourth-order valence-corrected chi connectivity index (χ4v) is 3.64. The highest BCUT2D eigenvalue weighted by atomic mass is 35.5. The molecule has 28 heavy (non-hydrogen) atoms. The van der Waals surface area contributed by atoms with Crippen molar-refractivity contribution >= 4 is 52.4 Å². The number of nitrogens with zero attached hydrogens (tertiary/aromatic N) is 2. The quantitative estimate of drug-likeness (QED) is 0.620. The number of fused-ring (bicyclic) bond motifs is 3. The number of nitrogens with one attached hydrogen (secondary N) is 2. The van der Waals surface area contributed by atoms with E-state index in [1.165, 1.54) is 4.57 Å². The van der Waals surface area contributed by atoms with Crippen LogP contribution >= 0.6 is 23.8 Å². The van der Waals surface area contributed by atoms with Crippen LogP contribution in [0.25, 0.3) is 10.9 Å². The summed E-state index contributed by atoms with van der Waals surface area (Å²) in [5.41, 5.74) is 1.70. The average molecular weight is 413 g/mol. The Bertz CT molecular complexity index is 1130. The summed E-state index contributed by atoms with van der Waals surface area (Å²) in [5.74, 6) is 0.350. The third-order valence-corrected chi connectivity index (χ3v) is 5.21. The molecule has 1 aliphatic heterocycles. The standard InChI is InChI=1S/C20H17ClN4O2S/c21-13-7-5-12(6-8-13)11-22-17(26)10-9-16-19(27)25-18(23-16)14-3-1-2-4-15(14)24-20(25)28/h1-8,16,23H,9-11H2,(H,22,26). The smallest absolute Gasteiger partial charge is 0.257 e. The molecule has 2 aromatic carbocycles. The van der Waals surface area contributed by atoms with Gasteiger partial charge in [0, 0.05) is 23.4 Å². The van der Waals surface area contributed by atoms with Crippen LogP contribution in [0.3, 0.4) is 0 Å². The summed E-state index contributed by atoms with van der Waals surface area (Å²) in [6.07, 6.45) is 0.597. The lowest BCUT2D eigenvalue weighted by Crippen LogP contribution is -2.29. The van der Waals surface area contributed by atoms with Crippen molar-refractivity contribution in [2.75, 3.05) is 5.32 Å². The largest absolute Gasteiger partial charge is 0.359 e. The van der Waals surface area contributed by atoms with Crippen molar-refractivity contribution in [1.82, 2.24) is 14.9 Å². The zero-order chi connectivity index (χ0) is 19.7. The number of benzene rings is 2. The van der Waals surface area contributed by atoms with E-state index in [4.69, 9.17) is 23.8 Å². The Morgan fingerprint density at radius 1 is 1.21 bits per heavy atom. The summed E-state index contributed by atoms with van der Waals surface area (Å²) >= 11 is 11.1. The number of para-hydroxylation sites is 1. The Balaban J connectivity index is 1.40. The van der Waals surface area contributed by atoms with Crippen LogP contribution in [0.5, 0.6) is 0 Å². The minimum absolute atomic E-state index is 0.118. The molecule has 0 radical (unpaired) electrons. The summed E-state index contributed by atoms with van der Waals surface area (Å²) in [5, 5.41) is 7.56. The molecule has 0 saturated carbocycles. The number of anilines is 1. The van der Waals surface area contributed by atoms with E-state index in [0.29, 0.717) is 23.8 Å². The predicted octanol–water partition coefficient (Wildman–Crippen LogP) is 3.95. The van der Waals surface area contributed by atoms with Gasteiger partial charge in [0.2, 0.25) is 10.7 Å². The maximum atomic E-state index is 12.7. The number of amides is 1. The lowest BCUT2D eigenvalue weighted by atomic mass is 10.1. The summed E-state index contributed by atoms with van der Waals surface area (Å²) in [7, 11) is 0. The van der Waals surface area contributed by atoms with Crippen LogP contribution in [0.2, 0.25) is 5.02 Å². The summed E-state index contributed by atoms with van der Waals surface area (Å²) in [4.78, 5) is 29.2. The van der Waals surface area contributed by atoms with Crippen LogP contribution in [0, 0.1) is 4.77 Å². The van der Waals surface area contributed by atoms with Gasteiger partial charge in [0.25, 0.3) is 5.91 Å². The molecule has 0 aliphatic carbocycles. The molecule has 1 aromatic heterocycles. The molecule has 2 N–H and O–H groups in total. The second-order valence-electron chi connectivity index (χ2n) is 6.57. The number of halogens is 1. The van der Waals surface area contributed by atoms with Crippen molar-refractivity contribution in [1.29, 1.82) is 0 Å². The SMILES string of the molecule is O=C(CCC1Nc2c3ccccc3nc(=S)n2C1=O)NCc1ccc(Cl)cc1. The normalized spacial score (nSPS) is 15.3. The first-order chi connectivity index (χ1) is 13.5. The average Bonchev–Trinajstić information content (AvgIpc) is 3.03. The lowest BCUT2D eigenvalue weighted by Gasteiger charge is -2.09. The molecule has 142 valence electrons. The fourth-order valence-electron chi connectivity index (χ4n) is 3.23. The van der Waals surface area contributed by atoms with Crippen LogP contribution in [0.4, 0.5) is 5.82 Å². The van der Waals surface area contributed by atoms with Gasteiger partial charge in [-0.25, -0.2) is 9.55 Å². The van der Waals surface area contributed by atoms with Crippen molar-refractivity contribution in [2.24, 2.45) is 0 Å². The highest BCUT2D eigenvalue weighted by molar-refractivity contribution is 7.71. The second-order valence-corrected chi connectivity index (χ2v) is 7.37. The maximum Gasteiger partial charge on any atom is 0.257 e. The Labute approximate surface area is 171 Å². The molecule has 2 heterocycles. The van der Waals surface area contributed by atoms with Crippen molar-refractivity contribution in [3.8, 4) is 0 Å². The van der Waals surface area contributed by atoms with Crippen molar-refractivity contribution in [3.63, 3.8) is 0 Å². The number of hydrogen-bond acceptors (Lipinski definition) is 5. The fraction of sp³-hybridized carbons (Fsp3) is 0.200. The van der Waals surface area contributed by atoms with Crippen LogP contribution < -0.4 is 10.6 Å². The van der Waals surface area contributed by atoms with E-state index >= 15 is 0 Å². The topological polar surface area (TPSA) is 76.0 Å². The van der Waals surface area contributed by atoms with Crippen molar-refractivity contribution in [3.05, 3.63) is 63.9 Å². The van der Waals surface area contributed by atoms with E-state index in [1.807, 2.05) is 36.4 Å². The number of hydrogen-bond donors (Lipinski definition) is 2. The van der Waals surface area contributed by atoms with Crippen LogP contribution in [0.15, 0.2) is 48.5 Å². The third-order valence-electron chi connectivity index (χ3n) is 4.68.